The Morgan fingerprint density at radius 2 is 2.12 bits per heavy atom. The molecule has 1 saturated heterocycles. The predicted molar refractivity (Wildman–Crippen MR) is 90.0 cm³/mol. The van der Waals surface area contributed by atoms with E-state index in [4.69, 9.17) is 9.26 Å². The van der Waals surface area contributed by atoms with Crippen LogP contribution < -0.4 is 10.1 Å². The molecule has 2 aliphatic rings. The van der Waals surface area contributed by atoms with E-state index in [-0.39, 0.29) is 22.9 Å². The van der Waals surface area contributed by atoms with Gasteiger partial charge in [-0.25, -0.2) is 8.42 Å². The summed E-state index contributed by atoms with van der Waals surface area (Å²) in [5.74, 6) is 1.21. The van der Waals surface area contributed by atoms with Crippen molar-refractivity contribution in [2.45, 2.75) is 43.2 Å². The molecular weight excluding hydrogens is 344 g/mol. The zero-order valence-corrected chi connectivity index (χ0v) is 14.9. The minimum absolute atomic E-state index is 0.103. The van der Waals surface area contributed by atoms with Crippen molar-refractivity contribution < 1.29 is 17.7 Å². The van der Waals surface area contributed by atoms with Crippen molar-refractivity contribution >= 4 is 16.0 Å². The number of nitrogens with zero attached hydrogens (tertiary/aromatic N) is 3. The van der Waals surface area contributed by atoms with E-state index in [0.717, 1.165) is 0 Å². The molecule has 1 fully saturated rings. The molecule has 0 amide bonds. The fourth-order valence-corrected chi connectivity index (χ4v) is 5.03. The highest BCUT2D eigenvalue weighted by atomic mass is 32.2. The van der Waals surface area contributed by atoms with Gasteiger partial charge in [0.25, 0.3) is 0 Å². The summed E-state index contributed by atoms with van der Waals surface area (Å²) in [7, 11) is -3.59. The van der Waals surface area contributed by atoms with Crippen LogP contribution in [0.3, 0.4) is 0 Å². The molecule has 4 rings (SSSR count). The Hall–Kier alpha value is -2.13. The van der Waals surface area contributed by atoms with E-state index in [9.17, 15) is 8.42 Å². The van der Waals surface area contributed by atoms with Gasteiger partial charge in [0.05, 0.1) is 6.04 Å². The van der Waals surface area contributed by atoms with Crippen LogP contribution in [0.2, 0.25) is 0 Å². The van der Waals surface area contributed by atoms with E-state index < -0.39 is 10.0 Å². The van der Waals surface area contributed by atoms with Crippen molar-refractivity contribution in [2.75, 3.05) is 18.5 Å². The van der Waals surface area contributed by atoms with E-state index in [1.807, 2.05) is 13.8 Å². The number of rotatable bonds is 3. The average Bonchev–Trinajstić information content (AvgIpc) is 3.19. The van der Waals surface area contributed by atoms with E-state index in [1.165, 1.54) is 4.31 Å². The second-order valence-electron chi connectivity index (χ2n) is 6.68. The van der Waals surface area contributed by atoms with Crippen molar-refractivity contribution in [1.29, 1.82) is 0 Å². The number of sulfonamides is 1. The van der Waals surface area contributed by atoms with Crippen LogP contribution in [0.1, 0.15) is 32.0 Å². The summed E-state index contributed by atoms with van der Waals surface area (Å²) in [5.41, 5.74) is 0. The van der Waals surface area contributed by atoms with Gasteiger partial charge < -0.3 is 14.6 Å². The normalized spacial score (nSPS) is 25.1. The van der Waals surface area contributed by atoms with Crippen LogP contribution in [0.4, 0.5) is 6.01 Å². The number of fused-ring (bicyclic) bond motifs is 2. The minimum Gasteiger partial charge on any atom is -0.490 e. The summed E-state index contributed by atoms with van der Waals surface area (Å²) in [6, 6.07) is 6.76. The standard InChI is InChI=1S/C16H20N4O4S/c1-10(2)15-18-16(24-19-15)17-11-7-12-9-23-13-5-3-4-6-14(13)25(21,22)20(12)8-11/h3-6,10-12H,7-9H2,1-2H3,(H,17,18,19)/t11-,12-/m0/s1. The Balaban J connectivity index is 1.55. The molecule has 25 heavy (non-hydrogen) atoms. The quantitative estimate of drug-likeness (QED) is 0.887. The Labute approximate surface area is 146 Å². The van der Waals surface area contributed by atoms with Gasteiger partial charge in [-0.05, 0) is 18.6 Å². The monoisotopic (exact) mass is 364 g/mol. The number of para-hydroxylation sites is 1. The molecule has 9 heteroatoms. The van der Waals surface area contributed by atoms with Crippen LogP contribution in [0.5, 0.6) is 5.75 Å². The third-order valence-electron chi connectivity index (χ3n) is 4.52. The van der Waals surface area contributed by atoms with Crippen LogP contribution in [0.15, 0.2) is 33.7 Å². The van der Waals surface area contributed by atoms with E-state index in [0.29, 0.717) is 37.2 Å². The number of aromatic nitrogens is 2. The van der Waals surface area contributed by atoms with E-state index >= 15 is 0 Å². The Morgan fingerprint density at radius 1 is 1.32 bits per heavy atom. The molecule has 2 aromatic rings. The zero-order valence-electron chi connectivity index (χ0n) is 14.0. The Morgan fingerprint density at radius 3 is 2.88 bits per heavy atom. The van der Waals surface area contributed by atoms with Crippen molar-refractivity contribution in [3.8, 4) is 5.75 Å². The molecular formula is C16H20N4O4S. The summed E-state index contributed by atoms with van der Waals surface area (Å²) in [4.78, 5) is 4.51. The van der Waals surface area contributed by atoms with Crippen molar-refractivity contribution in [3.05, 3.63) is 30.1 Å². The van der Waals surface area contributed by atoms with Gasteiger partial charge in [0.2, 0.25) is 10.0 Å². The molecule has 0 unspecified atom stereocenters. The minimum atomic E-state index is -3.59. The second kappa shape index (κ2) is 5.99. The molecule has 134 valence electrons. The Kier molecular flexibility index (Phi) is 3.92. The smallest absolute Gasteiger partial charge is 0.321 e. The van der Waals surface area contributed by atoms with Gasteiger partial charge in [0.1, 0.15) is 17.3 Å². The fourth-order valence-electron chi connectivity index (χ4n) is 3.23. The number of benzene rings is 1. The van der Waals surface area contributed by atoms with Crippen molar-refractivity contribution in [1.82, 2.24) is 14.4 Å². The first-order valence-electron chi connectivity index (χ1n) is 8.29. The number of nitrogens with one attached hydrogen (secondary N) is 1. The van der Waals surface area contributed by atoms with E-state index in [1.54, 1.807) is 24.3 Å². The Bertz CT molecular complexity index is 880. The first-order chi connectivity index (χ1) is 11.9. The van der Waals surface area contributed by atoms with Gasteiger partial charge in [0, 0.05) is 18.5 Å². The van der Waals surface area contributed by atoms with Crippen LogP contribution in [-0.2, 0) is 10.0 Å². The van der Waals surface area contributed by atoms with Crippen LogP contribution in [-0.4, -0.2) is 48.1 Å². The average molecular weight is 364 g/mol. The van der Waals surface area contributed by atoms with Crippen LogP contribution in [0.25, 0.3) is 0 Å². The van der Waals surface area contributed by atoms with Gasteiger partial charge >= 0.3 is 6.01 Å². The lowest BCUT2D eigenvalue weighted by molar-refractivity contribution is 0.240. The van der Waals surface area contributed by atoms with E-state index in [2.05, 4.69) is 15.5 Å². The van der Waals surface area contributed by atoms with Gasteiger partial charge in [0.15, 0.2) is 5.82 Å². The summed E-state index contributed by atoms with van der Waals surface area (Å²) in [5, 5.41) is 7.07. The third kappa shape index (κ3) is 2.87. The summed E-state index contributed by atoms with van der Waals surface area (Å²) in [6.07, 6.45) is 0.618. The van der Waals surface area contributed by atoms with Gasteiger partial charge in [-0.1, -0.05) is 31.1 Å². The number of hydrogen-bond acceptors (Lipinski definition) is 7. The lowest BCUT2D eigenvalue weighted by atomic mass is 10.2. The number of anilines is 1. The third-order valence-corrected chi connectivity index (χ3v) is 6.47. The molecule has 0 spiro atoms. The maximum atomic E-state index is 13.0. The largest absolute Gasteiger partial charge is 0.490 e. The molecule has 2 atom stereocenters. The van der Waals surface area contributed by atoms with Gasteiger partial charge in [-0.15, -0.1) is 0 Å². The topological polar surface area (TPSA) is 97.6 Å². The highest BCUT2D eigenvalue weighted by Crippen LogP contribution is 2.35. The number of hydrogen-bond donors (Lipinski definition) is 1. The molecule has 8 nitrogen and oxygen atoms in total. The highest BCUT2D eigenvalue weighted by Gasteiger charge is 2.44. The molecule has 1 aromatic carbocycles. The van der Waals surface area contributed by atoms with Crippen LogP contribution in [0, 0.1) is 0 Å². The second-order valence-corrected chi connectivity index (χ2v) is 8.53. The highest BCUT2D eigenvalue weighted by molar-refractivity contribution is 7.89. The van der Waals surface area contributed by atoms with Crippen LogP contribution >= 0.6 is 0 Å². The lowest BCUT2D eigenvalue weighted by Crippen LogP contribution is -2.37. The molecule has 0 bridgehead atoms. The molecule has 1 N–H and O–H groups in total. The van der Waals surface area contributed by atoms with Crippen molar-refractivity contribution in [2.24, 2.45) is 0 Å². The molecule has 0 aliphatic carbocycles. The predicted octanol–water partition coefficient (Wildman–Crippen LogP) is 1.83. The maximum absolute atomic E-state index is 13.0. The first-order valence-corrected chi connectivity index (χ1v) is 9.73. The summed E-state index contributed by atoms with van der Waals surface area (Å²) in [6.45, 7) is 4.63. The van der Waals surface area contributed by atoms with Gasteiger partial charge in [-0.2, -0.15) is 9.29 Å². The molecule has 3 heterocycles. The van der Waals surface area contributed by atoms with Crippen molar-refractivity contribution in [3.63, 3.8) is 0 Å². The molecule has 1 aromatic heterocycles. The summed E-state index contributed by atoms with van der Waals surface area (Å²) >= 11 is 0. The first kappa shape index (κ1) is 16.3. The zero-order chi connectivity index (χ0) is 17.6. The molecule has 2 aliphatic heterocycles. The lowest BCUT2D eigenvalue weighted by Gasteiger charge is -2.19. The maximum Gasteiger partial charge on any atom is 0.321 e. The SMILES string of the molecule is CC(C)c1noc(N[C@H]2C[C@H]3COc4ccccc4S(=O)(=O)N3C2)n1. The van der Waals surface area contributed by atoms with Gasteiger partial charge in [-0.3, -0.25) is 0 Å². The molecule has 0 radical (unpaired) electrons. The molecule has 0 saturated carbocycles. The number of ether oxygens (including phenoxy) is 1. The fraction of sp³-hybridized carbons (Fsp3) is 0.500. The summed E-state index contributed by atoms with van der Waals surface area (Å²) < 4.78 is 38.4.